The van der Waals surface area contributed by atoms with Gasteiger partial charge >= 0.3 is 0 Å². The average molecular weight is 264 g/mol. The molecule has 4 heteroatoms. The molecule has 1 aromatic rings. The second-order valence-electron chi connectivity index (χ2n) is 5.19. The minimum absolute atomic E-state index is 0.270. The third-order valence-electron chi connectivity index (χ3n) is 3.46. The fourth-order valence-electron chi connectivity index (χ4n) is 2.60. The maximum Gasteiger partial charge on any atom is 0.118 e. The van der Waals surface area contributed by atoms with E-state index >= 15 is 0 Å². The van der Waals surface area contributed by atoms with Gasteiger partial charge in [0.2, 0.25) is 0 Å². The van der Waals surface area contributed by atoms with E-state index < -0.39 is 0 Å². The Hall–Kier alpha value is -1.10. The lowest BCUT2D eigenvalue weighted by atomic mass is 10.1. The van der Waals surface area contributed by atoms with Crippen LogP contribution in [0.15, 0.2) is 24.3 Å². The number of hydrogen-bond acceptors (Lipinski definition) is 4. The van der Waals surface area contributed by atoms with Crippen LogP contribution >= 0.6 is 0 Å². The predicted molar refractivity (Wildman–Crippen MR) is 76.3 cm³/mol. The molecule has 2 atom stereocenters. The van der Waals surface area contributed by atoms with Crippen LogP contribution in [-0.4, -0.2) is 43.9 Å². The van der Waals surface area contributed by atoms with Crippen molar-refractivity contribution in [3.63, 3.8) is 0 Å². The van der Waals surface area contributed by atoms with Gasteiger partial charge in [-0.3, -0.25) is 4.90 Å². The van der Waals surface area contributed by atoms with E-state index in [1.807, 2.05) is 12.1 Å². The Morgan fingerprint density at radius 2 is 2.05 bits per heavy atom. The fraction of sp³-hybridized carbons (Fsp3) is 0.600. The molecule has 0 aliphatic carbocycles. The molecule has 2 rings (SSSR count). The lowest BCUT2D eigenvalue weighted by Crippen LogP contribution is -2.46. The van der Waals surface area contributed by atoms with E-state index in [0.717, 1.165) is 31.8 Å². The summed E-state index contributed by atoms with van der Waals surface area (Å²) in [5.41, 5.74) is 6.93. The highest BCUT2D eigenvalue weighted by atomic mass is 16.5. The second-order valence-corrected chi connectivity index (χ2v) is 5.19. The quantitative estimate of drug-likeness (QED) is 0.878. The topological polar surface area (TPSA) is 47.7 Å². The largest absolute Gasteiger partial charge is 0.497 e. The highest BCUT2D eigenvalue weighted by Gasteiger charge is 2.24. The van der Waals surface area contributed by atoms with E-state index in [9.17, 15) is 0 Å². The highest BCUT2D eigenvalue weighted by Crippen LogP contribution is 2.18. The van der Waals surface area contributed by atoms with Crippen molar-refractivity contribution < 1.29 is 9.47 Å². The molecular formula is C15H24N2O2. The molecule has 0 radical (unpaired) electrons. The number of nitrogens with two attached hydrogens (primary N) is 1. The summed E-state index contributed by atoms with van der Waals surface area (Å²) in [7, 11) is 1.69. The molecule has 1 heterocycles. The van der Waals surface area contributed by atoms with E-state index in [1.54, 1.807) is 7.11 Å². The number of morpholine rings is 1. The second kappa shape index (κ2) is 6.89. The fourth-order valence-corrected chi connectivity index (χ4v) is 2.60. The van der Waals surface area contributed by atoms with Gasteiger partial charge in [-0.15, -0.1) is 0 Å². The van der Waals surface area contributed by atoms with Gasteiger partial charge in [0.05, 0.1) is 19.3 Å². The maximum absolute atomic E-state index is 5.89. The Bertz CT molecular complexity index is 380. The summed E-state index contributed by atoms with van der Waals surface area (Å²) < 4.78 is 11.1. The zero-order valence-corrected chi connectivity index (χ0v) is 11.8. The summed E-state index contributed by atoms with van der Waals surface area (Å²) in [5, 5.41) is 0. The van der Waals surface area contributed by atoms with Gasteiger partial charge in [-0.2, -0.15) is 0 Å². The number of hydrogen-bond donors (Lipinski definition) is 1. The summed E-state index contributed by atoms with van der Waals surface area (Å²) in [4.78, 5) is 2.44. The molecule has 0 spiro atoms. The SMILES string of the molecule is COc1ccc(CN2CC(C)OC(CCN)C2)cc1. The molecule has 106 valence electrons. The van der Waals surface area contributed by atoms with Crippen molar-refractivity contribution in [2.45, 2.75) is 32.1 Å². The summed E-state index contributed by atoms with van der Waals surface area (Å²) >= 11 is 0. The van der Waals surface area contributed by atoms with Crippen molar-refractivity contribution in [3.05, 3.63) is 29.8 Å². The first-order valence-corrected chi connectivity index (χ1v) is 6.92. The summed E-state index contributed by atoms with van der Waals surface area (Å²) in [5.74, 6) is 0.903. The molecule has 1 aliphatic heterocycles. The molecule has 0 amide bonds. The van der Waals surface area contributed by atoms with E-state index in [-0.39, 0.29) is 12.2 Å². The first-order chi connectivity index (χ1) is 9.21. The van der Waals surface area contributed by atoms with Crippen LogP contribution < -0.4 is 10.5 Å². The van der Waals surface area contributed by atoms with Gasteiger partial charge in [0.15, 0.2) is 0 Å². The molecule has 0 bridgehead atoms. The Kier molecular flexibility index (Phi) is 5.19. The normalized spacial score (nSPS) is 24.4. The van der Waals surface area contributed by atoms with Crippen molar-refractivity contribution >= 4 is 0 Å². The summed E-state index contributed by atoms with van der Waals surface area (Å²) in [6, 6.07) is 8.26. The molecule has 1 saturated heterocycles. The van der Waals surface area contributed by atoms with Crippen LogP contribution in [-0.2, 0) is 11.3 Å². The minimum Gasteiger partial charge on any atom is -0.497 e. The first kappa shape index (κ1) is 14.3. The van der Waals surface area contributed by atoms with Gasteiger partial charge in [-0.1, -0.05) is 12.1 Å². The molecular weight excluding hydrogens is 240 g/mol. The number of benzene rings is 1. The first-order valence-electron chi connectivity index (χ1n) is 6.92. The Balaban J connectivity index is 1.93. The van der Waals surface area contributed by atoms with Crippen LogP contribution in [0.3, 0.4) is 0 Å². The highest BCUT2D eigenvalue weighted by molar-refractivity contribution is 5.27. The Morgan fingerprint density at radius 1 is 1.32 bits per heavy atom. The van der Waals surface area contributed by atoms with Gasteiger partial charge in [0, 0.05) is 19.6 Å². The van der Waals surface area contributed by atoms with E-state index in [2.05, 4.69) is 24.0 Å². The van der Waals surface area contributed by atoms with Gasteiger partial charge in [0.1, 0.15) is 5.75 Å². The number of methoxy groups -OCH3 is 1. The lowest BCUT2D eigenvalue weighted by Gasteiger charge is -2.36. The van der Waals surface area contributed by atoms with Crippen LogP contribution in [0.4, 0.5) is 0 Å². The molecule has 2 N–H and O–H groups in total. The van der Waals surface area contributed by atoms with Crippen LogP contribution in [0.25, 0.3) is 0 Å². The standard InChI is InChI=1S/C15H24N2O2/c1-12-9-17(11-15(19-12)7-8-16)10-13-3-5-14(18-2)6-4-13/h3-6,12,15H,7-11,16H2,1-2H3. The Morgan fingerprint density at radius 3 is 2.68 bits per heavy atom. The number of nitrogens with zero attached hydrogens (tertiary/aromatic N) is 1. The van der Waals surface area contributed by atoms with Crippen LogP contribution in [0.1, 0.15) is 18.9 Å². The molecule has 2 unspecified atom stereocenters. The van der Waals surface area contributed by atoms with Crippen molar-refractivity contribution in [2.75, 3.05) is 26.7 Å². The molecule has 1 aliphatic rings. The van der Waals surface area contributed by atoms with Crippen LogP contribution in [0, 0.1) is 0 Å². The monoisotopic (exact) mass is 264 g/mol. The molecule has 1 aromatic carbocycles. The van der Waals surface area contributed by atoms with E-state index in [0.29, 0.717) is 6.54 Å². The van der Waals surface area contributed by atoms with Crippen molar-refractivity contribution in [2.24, 2.45) is 5.73 Å². The van der Waals surface area contributed by atoms with Gasteiger partial charge in [-0.25, -0.2) is 0 Å². The average Bonchev–Trinajstić information content (AvgIpc) is 2.39. The molecule has 1 fully saturated rings. The van der Waals surface area contributed by atoms with Gasteiger partial charge < -0.3 is 15.2 Å². The molecule has 0 saturated carbocycles. The van der Waals surface area contributed by atoms with Crippen LogP contribution in [0.5, 0.6) is 5.75 Å². The van der Waals surface area contributed by atoms with E-state index in [4.69, 9.17) is 15.2 Å². The number of ether oxygens (including phenoxy) is 2. The van der Waals surface area contributed by atoms with Crippen LogP contribution in [0.2, 0.25) is 0 Å². The third kappa shape index (κ3) is 4.20. The lowest BCUT2D eigenvalue weighted by molar-refractivity contribution is -0.0809. The zero-order chi connectivity index (χ0) is 13.7. The summed E-state index contributed by atoms with van der Waals surface area (Å²) in [6.07, 6.45) is 1.49. The third-order valence-corrected chi connectivity index (χ3v) is 3.46. The zero-order valence-electron chi connectivity index (χ0n) is 11.8. The number of rotatable bonds is 5. The molecule has 19 heavy (non-hydrogen) atoms. The van der Waals surface area contributed by atoms with Gasteiger partial charge in [-0.05, 0) is 37.6 Å². The minimum atomic E-state index is 0.270. The molecule has 4 nitrogen and oxygen atoms in total. The maximum atomic E-state index is 5.89. The van der Waals surface area contributed by atoms with Crippen molar-refractivity contribution in [1.82, 2.24) is 4.90 Å². The smallest absolute Gasteiger partial charge is 0.118 e. The van der Waals surface area contributed by atoms with E-state index in [1.165, 1.54) is 5.56 Å². The molecule has 0 aromatic heterocycles. The summed E-state index contributed by atoms with van der Waals surface area (Å²) in [6.45, 7) is 5.72. The van der Waals surface area contributed by atoms with Crippen molar-refractivity contribution in [1.29, 1.82) is 0 Å². The van der Waals surface area contributed by atoms with Gasteiger partial charge in [0.25, 0.3) is 0 Å². The van der Waals surface area contributed by atoms with Crippen molar-refractivity contribution in [3.8, 4) is 5.75 Å². The predicted octanol–water partition coefficient (Wildman–Crippen LogP) is 1.63. The Labute approximate surface area is 115 Å².